The van der Waals surface area contributed by atoms with E-state index in [1.165, 1.54) is 12.1 Å². The van der Waals surface area contributed by atoms with Gasteiger partial charge >= 0.3 is 5.97 Å². The Kier molecular flexibility index (Phi) is 8.21. The lowest BCUT2D eigenvalue weighted by molar-refractivity contribution is -0.166. The predicted octanol–water partition coefficient (Wildman–Crippen LogP) is 5.21. The summed E-state index contributed by atoms with van der Waals surface area (Å²) in [5, 5.41) is 0. The molecule has 0 unspecified atom stereocenters. The van der Waals surface area contributed by atoms with E-state index in [0.29, 0.717) is 6.42 Å². The van der Waals surface area contributed by atoms with Crippen molar-refractivity contribution in [3.63, 3.8) is 0 Å². The van der Waals surface area contributed by atoms with Crippen molar-refractivity contribution in [2.75, 3.05) is 19.6 Å². The minimum atomic E-state index is -0.522. The lowest BCUT2D eigenvalue weighted by Crippen LogP contribution is -2.45. The summed E-state index contributed by atoms with van der Waals surface area (Å²) in [7, 11) is 0. The summed E-state index contributed by atoms with van der Waals surface area (Å²) >= 11 is 0. The van der Waals surface area contributed by atoms with Gasteiger partial charge in [0.2, 0.25) is 0 Å². The molecule has 0 amide bonds. The number of hydrogen-bond acceptors (Lipinski definition) is 3. The minimum absolute atomic E-state index is 0. The van der Waals surface area contributed by atoms with Crippen LogP contribution < -0.4 is 0 Å². The zero-order valence-corrected chi connectivity index (χ0v) is 17.0. The topological polar surface area (TPSA) is 29.5 Å². The van der Waals surface area contributed by atoms with Crippen LogP contribution >= 0.6 is 12.4 Å². The van der Waals surface area contributed by atoms with E-state index in [0.717, 1.165) is 43.6 Å². The molecule has 1 aliphatic rings. The number of rotatable bonds is 6. The van der Waals surface area contributed by atoms with E-state index in [4.69, 9.17) is 4.74 Å². The van der Waals surface area contributed by atoms with E-state index < -0.39 is 5.60 Å². The number of benzene rings is 2. The van der Waals surface area contributed by atoms with Gasteiger partial charge in [0.05, 0.1) is 0 Å². The molecular weight excluding hydrogens is 377 g/mol. The second-order valence-corrected chi connectivity index (χ2v) is 6.94. The normalized spacial score (nSPS) is 16.5. The van der Waals surface area contributed by atoms with Crippen molar-refractivity contribution in [1.82, 2.24) is 4.90 Å². The maximum atomic E-state index is 13.0. The summed E-state index contributed by atoms with van der Waals surface area (Å²) in [6.45, 7) is 4.37. The first kappa shape index (κ1) is 22.1. The van der Waals surface area contributed by atoms with E-state index in [9.17, 15) is 9.18 Å². The molecule has 3 nitrogen and oxygen atoms in total. The van der Waals surface area contributed by atoms with Gasteiger partial charge in [-0.3, -0.25) is 9.69 Å². The summed E-state index contributed by atoms with van der Waals surface area (Å²) in [5.74, 6) is -0.370. The highest BCUT2D eigenvalue weighted by molar-refractivity contribution is 5.85. The molecule has 1 heterocycles. The molecule has 0 saturated carbocycles. The number of likely N-dealkylation sites (tertiary alicyclic amines) is 1. The number of piperidine rings is 1. The zero-order chi connectivity index (χ0) is 19.1. The first-order valence-corrected chi connectivity index (χ1v) is 9.53. The van der Waals surface area contributed by atoms with Gasteiger partial charge in [0.25, 0.3) is 0 Å². The number of ether oxygens (including phenoxy) is 1. The van der Waals surface area contributed by atoms with Crippen LogP contribution in [-0.4, -0.2) is 30.5 Å². The fourth-order valence-corrected chi connectivity index (χ4v) is 3.49. The fourth-order valence-electron chi connectivity index (χ4n) is 3.49. The molecule has 1 saturated heterocycles. The van der Waals surface area contributed by atoms with Gasteiger partial charge in [0.15, 0.2) is 0 Å². The summed E-state index contributed by atoms with van der Waals surface area (Å²) < 4.78 is 18.9. The average molecular weight is 404 g/mol. The number of esters is 1. The molecular formula is C23H27ClFNO2. The summed E-state index contributed by atoms with van der Waals surface area (Å²) in [4.78, 5) is 14.4. The Balaban J connectivity index is 0.00000280. The second-order valence-electron chi connectivity index (χ2n) is 6.94. The molecule has 0 atom stereocenters. The van der Waals surface area contributed by atoms with E-state index in [1.54, 1.807) is 12.1 Å². The lowest BCUT2D eigenvalue weighted by atomic mass is 9.84. The molecule has 0 bridgehead atoms. The maximum Gasteiger partial charge on any atom is 0.306 e. The maximum absolute atomic E-state index is 13.0. The second kappa shape index (κ2) is 10.4. The van der Waals surface area contributed by atoms with Crippen LogP contribution in [-0.2, 0) is 15.1 Å². The Labute approximate surface area is 172 Å². The molecule has 2 aromatic carbocycles. The third-order valence-corrected chi connectivity index (χ3v) is 5.11. The first-order valence-electron chi connectivity index (χ1n) is 9.53. The summed E-state index contributed by atoms with van der Waals surface area (Å²) in [5.41, 5.74) is 1.54. The van der Waals surface area contributed by atoms with E-state index in [1.807, 2.05) is 43.3 Å². The average Bonchev–Trinajstić information content (AvgIpc) is 2.71. The monoisotopic (exact) mass is 403 g/mol. The molecule has 0 aromatic heterocycles. The Morgan fingerprint density at radius 1 is 1.11 bits per heavy atom. The zero-order valence-electron chi connectivity index (χ0n) is 16.1. The van der Waals surface area contributed by atoms with Crippen LogP contribution in [0.5, 0.6) is 0 Å². The molecule has 1 aliphatic heterocycles. The first-order chi connectivity index (χ1) is 13.1. The highest BCUT2D eigenvalue weighted by atomic mass is 35.5. The van der Waals surface area contributed by atoms with E-state index >= 15 is 0 Å². The van der Waals surface area contributed by atoms with Crippen molar-refractivity contribution in [1.29, 1.82) is 0 Å². The van der Waals surface area contributed by atoms with Crippen molar-refractivity contribution in [2.24, 2.45) is 0 Å². The molecule has 2 aromatic rings. The van der Waals surface area contributed by atoms with Crippen molar-refractivity contribution in [2.45, 2.75) is 31.8 Å². The van der Waals surface area contributed by atoms with Crippen molar-refractivity contribution in [3.8, 4) is 0 Å². The SMILES string of the molecule is CCC(=O)OC1(c2ccccc2)CCN(C/C=C/c2ccc(F)cc2)CC1.Cl. The quantitative estimate of drug-likeness (QED) is 0.620. The number of halogens is 2. The van der Waals surface area contributed by atoms with Crippen molar-refractivity contribution >= 4 is 24.5 Å². The Morgan fingerprint density at radius 3 is 2.36 bits per heavy atom. The molecule has 0 N–H and O–H groups in total. The molecule has 0 radical (unpaired) electrons. The third-order valence-electron chi connectivity index (χ3n) is 5.11. The minimum Gasteiger partial charge on any atom is -0.454 e. The highest BCUT2D eigenvalue weighted by Crippen LogP contribution is 2.37. The summed E-state index contributed by atoms with van der Waals surface area (Å²) in [6, 6.07) is 16.5. The van der Waals surface area contributed by atoms with Gasteiger partial charge in [-0.1, -0.05) is 61.5 Å². The number of hydrogen-bond donors (Lipinski definition) is 0. The molecule has 150 valence electrons. The standard InChI is InChI=1S/C23H26FNO2.ClH/c1-2-22(26)27-23(20-8-4-3-5-9-20)14-17-25(18-15-23)16-6-7-19-10-12-21(24)13-11-19;/h3-13H,2,14-18H2,1H3;1H/b7-6+;. The Hall–Kier alpha value is -2.17. The molecule has 0 aliphatic carbocycles. The number of nitrogens with zero attached hydrogens (tertiary/aromatic N) is 1. The number of carbonyl (C=O) groups is 1. The molecule has 0 spiro atoms. The smallest absolute Gasteiger partial charge is 0.306 e. The molecule has 3 rings (SSSR count). The molecule has 28 heavy (non-hydrogen) atoms. The molecule has 5 heteroatoms. The van der Waals surface area contributed by atoms with Crippen LogP contribution in [0.1, 0.15) is 37.3 Å². The van der Waals surface area contributed by atoms with E-state index in [-0.39, 0.29) is 24.2 Å². The van der Waals surface area contributed by atoms with Crippen molar-refractivity contribution in [3.05, 3.63) is 77.6 Å². The van der Waals surface area contributed by atoms with Crippen LogP contribution in [0.2, 0.25) is 0 Å². The predicted molar refractivity (Wildman–Crippen MR) is 113 cm³/mol. The number of carbonyl (C=O) groups excluding carboxylic acids is 1. The van der Waals surface area contributed by atoms with Gasteiger partial charge in [-0.2, -0.15) is 0 Å². The van der Waals surface area contributed by atoms with Crippen LogP contribution in [0.3, 0.4) is 0 Å². The van der Waals surface area contributed by atoms with Gasteiger partial charge in [-0.25, -0.2) is 4.39 Å². The van der Waals surface area contributed by atoms with Gasteiger partial charge in [-0.05, 0) is 23.3 Å². The van der Waals surface area contributed by atoms with E-state index in [2.05, 4.69) is 11.0 Å². The van der Waals surface area contributed by atoms with Gasteiger partial charge in [0, 0.05) is 38.9 Å². The van der Waals surface area contributed by atoms with Crippen LogP contribution in [0.25, 0.3) is 6.08 Å². The fraction of sp³-hybridized carbons (Fsp3) is 0.348. The summed E-state index contributed by atoms with van der Waals surface area (Å²) in [6.07, 6.45) is 6.06. The van der Waals surface area contributed by atoms with Crippen LogP contribution in [0.4, 0.5) is 4.39 Å². The van der Waals surface area contributed by atoms with Gasteiger partial charge in [0.1, 0.15) is 11.4 Å². The Bertz CT molecular complexity index is 769. The highest BCUT2D eigenvalue weighted by Gasteiger charge is 2.39. The van der Waals surface area contributed by atoms with Crippen LogP contribution in [0.15, 0.2) is 60.7 Å². The van der Waals surface area contributed by atoms with Crippen LogP contribution in [0, 0.1) is 5.82 Å². The Morgan fingerprint density at radius 2 is 1.75 bits per heavy atom. The third kappa shape index (κ3) is 5.66. The van der Waals surface area contributed by atoms with Gasteiger partial charge < -0.3 is 4.74 Å². The van der Waals surface area contributed by atoms with Gasteiger partial charge in [-0.15, -0.1) is 12.4 Å². The lowest BCUT2D eigenvalue weighted by Gasteiger charge is -2.41. The largest absolute Gasteiger partial charge is 0.454 e. The van der Waals surface area contributed by atoms with Crippen molar-refractivity contribution < 1.29 is 13.9 Å². The molecule has 1 fully saturated rings.